The zero-order valence-corrected chi connectivity index (χ0v) is 13.9. The molecule has 0 bridgehead atoms. The number of benzene rings is 1. The van der Waals surface area contributed by atoms with Gasteiger partial charge in [-0.25, -0.2) is 13.1 Å². The van der Waals surface area contributed by atoms with Gasteiger partial charge in [-0.05, 0) is 25.5 Å². The number of halogens is 1. The Kier molecular flexibility index (Phi) is 5.21. The molecule has 2 rings (SSSR count). The zero-order valence-electron chi connectivity index (χ0n) is 11.5. The van der Waals surface area contributed by atoms with Crippen LogP contribution in [0.4, 0.5) is 0 Å². The van der Waals surface area contributed by atoms with Crippen LogP contribution in [0, 0.1) is 5.92 Å². The first-order valence-corrected chi connectivity index (χ1v) is 8.77. The predicted octanol–water partition coefficient (Wildman–Crippen LogP) is 1.68. The lowest BCUT2D eigenvalue weighted by Crippen LogP contribution is -2.38. The van der Waals surface area contributed by atoms with Crippen LogP contribution in [0.1, 0.15) is 18.9 Å². The first-order chi connectivity index (χ1) is 9.81. The van der Waals surface area contributed by atoms with Gasteiger partial charge in [-0.1, -0.05) is 29.9 Å². The highest BCUT2D eigenvalue weighted by Crippen LogP contribution is 2.24. The Morgan fingerprint density at radius 1 is 1.57 bits per heavy atom. The summed E-state index contributed by atoms with van der Waals surface area (Å²) in [5.74, 6) is 0.175. The lowest BCUT2D eigenvalue weighted by atomic mass is 10.0. The van der Waals surface area contributed by atoms with Gasteiger partial charge in [-0.15, -0.1) is 0 Å². The maximum atomic E-state index is 12.4. The van der Waals surface area contributed by atoms with E-state index in [0.717, 1.165) is 6.42 Å². The fourth-order valence-electron chi connectivity index (χ4n) is 2.22. The van der Waals surface area contributed by atoms with Crippen molar-refractivity contribution >= 4 is 38.8 Å². The molecule has 21 heavy (non-hydrogen) atoms. The minimum atomic E-state index is -3.69. The van der Waals surface area contributed by atoms with E-state index >= 15 is 0 Å². The number of hydrogen-bond acceptors (Lipinski definition) is 4. The molecule has 0 radical (unpaired) electrons. The molecule has 5 nitrogen and oxygen atoms in total. The Hall–Kier alpha value is -0.730. The van der Waals surface area contributed by atoms with E-state index in [1.54, 1.807) is 6.07 Å². The lowest BCUT2D eigenvalue weighted by molar-refractivity contribution is 0.180. The normalized spacial score (nSPS) is 20.4. The van der Waals surface area contributed by atoms with Gasteiger partial charge in [0.05, 0.1) is 11.6 Å². The van der Waals surface area contributed by atoms with Gasteiger partial charge in [-0.3, -0.25) is 0 Å². The number of thiocarbonyl (C=S) groups is 1. The van der Waals surface area contributed by atoms with Gasteiger partial charge >= 0.3 is 0 Å². The second kappa shape index (κ2) is 6.58. The first-order valence-electron chi connectivity index (χ1n) is 6.50. The highest BCUT2D eigenvalue weighted by molar-refractivity contribution is 7.89. The standard InChI is InChI=1S/C13H17ClN2O3S2/c1-8(10-4-5-19-7-10)16-21(17,18)12-3-2-9(13(15)20)6-11(12)14/h2-3,6,8,10,16H,4-5,7H2,1H3,(H2,15,20). The summed E-state index contributed by atoms with van der Waals surface area (Å²) in [6.45, 7) is 3.06. The van der Waals surface area contributed by atoms with Crippen molar-refractivity contribution in [3.05, 3.63) is 28.8 Å². The van der Waals surface area contributed by atoms with E-state index in [4.69, 9.17) is 34.3 Å². The number of sulfonamides is 1. The SMILES string of the molecule is CC(NS(=O)(=O)c1ccc(C(N)=S)cc1Cl)C1CCOC1. The first kappa shape index (κ1) is 16.6. The van der Waals surface area contributed by atoms with Crippen molar-refractivity contribution in [1.82, 2.24) is 4.72 Å². The fourth-order valence-corrected chi connectivity index (χ4v) is 4.21. The van der Waals surface area contributed by atoms with E-state index in [2.05, 4.69) is 4.72 Å². The summed E-state index contributed by atoms with van der Waals surface area (Å²) in [6, 6.07) is 4.20. The number of nitrogens with one attached hydrogen (secondary N) is 1. The molecule has 0 amide bonds. The van der Waals surface area contributed by atoms with E-state index in [9.17, 15) is 8.42 Å². The largest absolute Gasteiger partial charge is 0.389 e. The molecule has 3 N–H and O–H groups in total. The Balaban J connectivity index is 2.21. The van der Waals surface area contributed by atoms with Crippen molar-refractivity contribution in [2.24, 2.45) is 11.7 Å². The van der Waals surface area contributed by atoms with Crippen LogP contribution in [0.3, 0.4) is 0 Å². The molecule has 0 saturated carbocycles. The van der Waals surface area contributed by atoms with Gasteiger partial charge in [0.15, 0.2) is 0 Å². The van der Waals surface area contributed by atoms with Crippen LogP contribution in [0.2, 0.25) is 5.02 Å². The molecule has 0 spiro atoms. The van der Waals surface area contributed by atoms with E-state index < -0.39 is 10.0 Å². The molecular formula is C13H17ClN2O3S2. The Bertz CT molecular complexity index is 643. The van der Waals surface area contributed by atoms with Crippen molar-refractivity contribution in [2.75, 3.05) is 13.2 Å². The van der Waals surface area contributed by atoms with Crippen LogP contribution >= 0.6 is 23.8 Å². The van der Waals surface area contributed by atoms with Gasteiger partial charge in [0.2, 0.25) is 10.0 Å². The summed E-state index contributed by atoms with van der Waals surface area (Å²) in [4.78, 5) is 0.195. The third-order valence-corrected chi connectivity index (χ3v) is 5.80. The van der Waals surface area contributed by atoms with Crippen molar-refractivity contribution in [3.8, 4) is 0 Å². The van der Waals surface area contributed by atoms with Crippen LogP contribution in [0.25, 0.3) is 0 Å². The van der Waals surface area contributed by atoms with Gasteiger partial charge < -0.3 is 10.5 Å². The number of nitrogens with two attached hydrogens (primary N) is 1. The molecule has 0 aromatic heterocycles. The van der Waals surface area contributed by atoms with Crippen LogP contribution in [0.15, 0.2) is 23.1 Å². The van der Waals surface area contributed by atoms with E-state index in [-0.39, 0.29) is 26.9 Å². The highest BCUT2D eigenvalue weighted by Gasteiger charge is 2.27. The van der Waals surface area contributed by atoms with Crippen LogP contribution in [0.5, 0.6) is 0 Å². The summed E-state index contributed by atoms with van der Waals surface area (Å²) >= 11 is 10.9. The average Bonchev–Trinajstić information content (AvgIpc) is 2.91. The van der Waals surface area contributed by atoms with E-state index in [1.165, 1.54) is 12.1 Å². The number of hydrogen-bond donors (Lipinski definition) is 2. The summed E-state index contributed by atoms with van der Waals surface area (Å²) < 4.78 is 32.7. The topological polar surface area (TPSA) is 81.4 Å². The quantitative estimate of drug-likeness (QED) is 0.791. The van der Waals surface area contributed by atoms with Crippen molar-refractivity contribution in [2.45, 2.75) is 24.3 Å². The second-order valence-corrected chi connectivity index (χ2v) is 7.57. The van der Waals surface area contributed by atoms with Crippen LogP contribution < -0.4 is 10.5 Å². The van der Waals surface area contributed by atoms with Gasteiger partial charge in [0.1, 0.15) is 9.88 Å². The molecule has 116 valence electrons. The molecule has 2 unspecified atom stereocenters. The van der Waals surface area contributed by atoms with Crippen LogP contribution in [-0.4, -0.2) is 32.7 Å². The minimum Gasteiger partial charge on any atom is -0.389 e. The number of ether oxygens (including phenoxy) is 1. The second-order valence-electron chi connectivity index (χ2n) is 5.04. The van der Waals surface area contributed by atoms with Crippen LogP contribution in [-0.2, 0) is 14.8 Å². The molecule has 1 heterocycles. The predicted molar refractivity (Wildman–Crippen MR) is 86.0 cm³/mol. The minimum absolute atomic E-state index is 0.0231. The number of rotatable bonds is 5. The molecule has 8 heteroatoms. The van der Waals surface area contributed by atoms with E-state index in [0.29, 0.717) is 18.8 Å². The molecule has 1 aliphatic rings. The van der Waals surface area contributed by atoms with Crippen molar-refractivity contribution in [3.63, 3.8) is 0 Å². The lowest BCUT2D eigenvalue weighted by Gasteiger charge is -2.19. The molecule has 1 aromatic carbocycles. The van der Waals surface area contributed by atoms with Gasteiger partial charge in [0.25, 0.3) is 0 Å². The molecule has 1 saturated heterocycles. The smallest absolute Gasteiger partial charge is 0.242 e. The maximum absolute atomic E-state index is 12.4. The third-order valence-electron chi connectivity index (χ3n) is 3.52. The maximum Gasteiger partial charge on any atom is 0.242 e. The summed E-state index contributed by atoms with van der Waals surface area (Å²) in [5, 5.41) is 0.0997. The van der Waals surface area contributed by atoms with Crippen molar-refractivity contribution < 1.29 is 13.2 Å². The average molecular weight is 349 g/mol. The highest BCUT2D eigenvalue weighted by atomic mass is 35.5. The molecule has 0 aliphatic carbocycles. The summed E-state index contributed by atoms with van der Waals surface area (Å²) in [6.07, 6.45) is 0.845. The third kappa shape index (κ3) is 3.92. The Morgan fingerprint density at radius 3 is 2.81 bits per heavy atom. The fraction of sp³-hybridized carbons (Fsp3) is 0.462. The Morgan fingerprint density at radius 2 is 2.29 bits per heavy atom. The molecule has 1 fully saturated rings. The summed E-state index contributed by atoms with van der Waals surface area (Å²) in [7, 11) is -3.69. The molecule has 2 atom stereocenters. The van der Waals surface area contributed by atoms with Crippen molar-refractivity contribution in [1.29, 1.82) is 0 Å². The Labute approximate surface area is 134 Å². The molecule has 1 aliphatic heterocycles. The molecule has 1 aromatic rings. The monoisotopic (exact) mass is 348 g/mol. The van der Waals surface area contributed by atoms with Gasteiger partial charge in [0, 0.05) is 24.1 Å². The summed E-state index contributed by atoms with van der Waals surface area (Å²) in [5.41, 5.74) is 6.03. The van der Waals surface area contributed by atoms with Gasteiger partial charge in [-0.2, -0.15) is 0 Å². The molecular weight excluding hydrogens is 332 g/mol. The zero-order chi connectivity index (χ0) is 15.6. The van der Waals surface area contributed by atoms with E-state index in [1.807, 2.05) is 6.92 Å².